The van der Waals surface area contributed by atoms with Gasteiger partial charge in [-0.05, 0) is 11.6 Å². The van der Waals surface area contributed by atoms with Crippen molar-refractivity contribution >= 4 is 16.8 Å². The smallest absolute Gasteiger partial charge is 0.257 e. The Bertz CT molecular complexity index is 159. The molecule has 4 N–H and O–H groups in total. The van der Waals surface area contributed by atoms with Crippen LogP contribution in [-0.4, -0.2) is 17.2 Å². The lowest BCUT2D eigenvalue weighted by Crippen LogP contribution is -2.74. The number of rotatable bonds is 2. The van der Waals surface area contributed by atoms with Crippen LogP contribution in [0.3, 0.4) is 0 Å². The Balaban J connectivity index is 2.56. The van der Waals surface area contributed by atoms with Gasteiger partial charge in [-0.15, -0.1) is 0 Å². The predicted molar refractivity (Wildman–Crippen MR) is 33.6 cm³/mol. The van der Waals surface area contributed by atoms with Gasteiger partial charge >= 0.3 is 0 Å². The van der Waals surface area contributed by atoms with Gasteiger partial charge in [-0.3, -0.25) is 16.0 Å². The van der Waals surface area contributed by atoms with Crippen LogP contribution in [0.5, 0.6) is 0 Å². The monoisotopic (exact) mass is 167 g/mol. The van der Waals surface area contributed by atoms with Gasteiger partial charge in [0.15, 0.2) is 12.0 Å². The van der Waals surface area contributed by atoms with Gasteiger partial charge in [0.25, 0.3) is 5.24 Å². The zero-order chi connectivity index (χ0) is 7.78. The Morgan fingerprint density at radius 3 is 2.60 bits per heavy atom. The summed E-state index contributed by atoms with van der Waals surface area (Å²) in [7, 11) is 0. The second-order valence-electron chi connectivity index (χ2n) is 2.14. The molecule has 1 aliphatic rings. The van der Waals surface area contributed by atoms with E-state index in [9.17, 15) is 9.18 Å². The number of carbonyl (C=O) groups is 1. The van der Waals surface area contributed by atoms with Crippen LogP contribution in [0.1, 0.15) is 6.42 Å². The third-order valence-electron chi connectivity index (χ3n) is 1.47. The van der Waals surface area contributed by atoms with Crippen molar-refractivity contribution in [1.29, 1.82) is 0 Å². The summed E-state index contributed by atoms with van der Waals surface area (Å²) >= 11 is 5.09. The molecule has 2 atom stereocenters. The average molecular weight is 168 g/mol. The molecule has 4 nitrogen and oxygen atoms in total. The van der Waals surface area contributed by atoms with E-state index in [-0.39, 0.29) is 6.42 Å². The molecule has 1 rings (SSSR count). The van der Waals surface area contributed by atoms with E-state index >= 15 is 0 Å². The summed E-state index contributed by atoms with van der Waals surface area (Å²) in [6, 6.07) is 0. The van der Waals surface area contributed by atoms with Crippen molar-refractivity contribution in [2.45, 2.75) is 18.4 Å². The van der Waals surface area contributed by atoms with E-state index in [4.69, 9.17) is 17.4 Å². The standard InChI is InChI=1S/C4H7ClFN3O/c5-3(10)4(9-7)1-2(6)8-4/h2,8-9H,1,7H2. The molecule has 0 saturated carbocycles. The Morgan fingerprint density at radius 1 is 2.00 bits per heavy atom. The summed E-state index contributed by atoms with van der Waals surface area (Å²) < 4.78 is 12.1. The van der Waals surface area contributed by atoms with Crippen LogP contribution < -0.4 is 16.6 Å². The number of hydrazine groups is 1. The molecule has 6 heteroatoms. The highest BCUT2D eigenvalue weighted by Crippen LogP contribution is 2.24. The van der Waals surface area contributed by atoms with Gasteiger partial charge in [0.05, 0.1) is 0 Å². The number of nitrogens with two attached hydrogens (primary N) is 1. The minimum Gasteiger partial charge on any atom is -0.278 e. The van der Waals surface area contributed by atoms with Gasteiger partial charge in [-0.2, -0.15) is 0 Å². The fourth-order valence-electron chi connectivity index (χ4n) is 0.809. The molecule has 1 saturated heterocycles. The first-order chi connectivity index (χ1) is 4.60. The lowest BCUT2D eigenvalue weighted by molar-refractivity contribution is -0.127. The maximum Gasteiger partial charge on any atom is 0.257 e. The lowest BCUT2D eigenvalue weighted by atomic mass is 10.00. The van der Waals surface area contributed by atoms with Gasteiger partial charge in [-0.1, -0.05) is 0 Å². The van der Waals surface area contributed by atoms with Crippen molar-refractivity contribution in [3.63, 3.8) is 0 Å². The highest BCUT2D eigenvalue weighted by molar-refractivity contribution is 6.65. The van der Waals surface area contributed by atoms with Gasteiger partial charge in [0.1, 0.15) is 0 Å². The average Bonchev–Trinajstić information content (AvgIpc) is 1.79. The van der Waals surface area contributed by atoms with Crippen molar-refractivity contribution in [1.82, 2.24) is 10.7 Å². The second-order valence-corrected chi connectivity index (χ2v) is 2.48. The Morgan fingerprint density at radius 2 is 2.50 bits per heavy atom. The highest BCUT2D eigenvalue weighted by atomic mass is 35.5. The largest absolute Gasteiger partial charge is 0.278 e. The van der Waals surface area contributed by atoms with Crippen molar-refractivity contribution in [2.24, 2.45) is 5.84 Å². The Kier molecular flexibility index (Phi) is 1.91. The van der Waals surface area contributed by atoms with Gasteiger partial charge in [-0.25, -0.2) is 9.82 Å². The first kappa shape index (κ1) is 7.87. The maximum atomic E-state index is 12.1. The van der Waals surface area contributed by atoms with Crippen molar-refractivity contribution in [2.75, 3.05) is 0 Å². The maximum absolute atomic E-state index is 12.1. The van der Waals surface area contributed by atoms with Crippen LogP contribution in [0.4, 0.5) is 4.39 Å². The Hall–Kier alpha value is -0.230. The van der Waals surface area contributed by atoms with Crippen LogP contribution in [0.25, 0.3) is 0 Å². The molecule has 0 aliphatic carbocycles. The summed E-state index contributed by atoms with van der Waals surface area (Å²) in [5.41, 5.74) is 0.877. The van der Waals surface area contributed by atoms with Crippen molar-refractivity contribution < 1.29 is 9.18 Å². The summed E-state index contributed by atoms with van der Waals surface area (Å²) in [5.74, 6) is 4.95. The fraction of sp³-hybridized carbons (Fsp3) is 0.750. The molecule has 0 bridgehead atoms. The van der Waals surface area contributed by atoms with E-state index in [2.05, 4.69) is 10.7 Å². The van der Waals surface area contributed by atoms with Crippen LogP contribution in [-0.2, 0) is 4.79 Å². The van der Waals surface area contributed by atoms with Crippen molar-refractivity contribution in [3.8, 4) is 0 Å². The van der Waals surface area contributed by atoms with E-state index in [1.54, 1.807) is 0 Å². The van der Waals surface area contributed by atoms with E-state index < -0.39 is 17.2 Å². The third-order valence-corrected chi connectivity index (χ3v) is 1.79. The predicted octanol–water partition coefficient (Wildman–Crippen LogP) is -0.800. The van der Waals surface area contributed by atoms with Crippen LogP contribution in [0.15, 0.2) is 0 Å². The first-order valence-electron chi connectivity index (χ1n) is 2.70. The molecular formula is C4H7ClFN3O. The number of hydrogen-bond donors (Lipinski definition) is 3. The normalized spacial score (nSPS) is 38.9. The minimum absolute atomic E-state index is 0.0220. The van der Waals surface area contributed by atoms with Crippen LogP contribution >= 0.6 is 11.6 Å². The van der Waals surface area contributed by atoms with E-state index in [1.807, 2.05) is 0 Å². The molecule has 0 aromatic rings. The molecule has 0 aromatic heterocycles. The SMILES string of the molecule is NNC1(C(=O)Cl)CC(F)N1. The van der Waals surface area contributed by atoms with Gasteiger partial charge < -0.3 is 0 Å². The molecule has 1 heterocycles. The molecule has 10 heavy (non-hydrogen) atoms. The van der Waals surface area contributed by atoms with Gasteiger partial charge in [0.2, 0.25) is 0 Å². The molecule has 1 fully saturated rings. The topological polar surface area (TPSA) is 67.1 Å². The number of hydrogen-bond acceptors (Lipinski definition) is 4. The number of alkyl halides is 1. The van der Waals surface area contributed by atoms with Crippen molar-refractivity contribution in [3.05, 3.63) is 0 Å². The lowest BCUT2D eigenvalue weighted by Gasteiger charge is -2.41. The second kappa shape index (κ2) is 2.43. The van der Waals surface area contributed by atoms with Crippen LogP contribution in [0, 0.1) is 0 Å². The summed E-state index contributed by atoms with van der Waals surface area (Å²) in [6.07, 6.45) is -1.22. The van der Waals surface area contributed by atoms with Gasteiger partial charge in [0, 0.05) is 6.42 Å². The molecule has 0 aromatic carbocycles. The molecule has 58 valence electrons. The first-order valence-corrected chi connectivity index (χ1v) is 3.08. The van der Waals surface area contributed by atoms with E-state index in [0.717, 1.165) is 0 Å². The molecule has 2 unspecified atom stereocenters. The fourth-order valence-corrected chi connectivity index (χ4v) is 0.996. The number of halogens is 2. The molecule has 0 spiro atoms. The minimum atomic E-state index is -1.24. The number of carbonyl (C=O) groups excluding carboxylic acids is 1. The molecular weight excluding hydrogens is 161 g/mol. The number of nitrogens with one attached hydrogen (secondary N) is 2. The summed E-state index contributed by atoms with van der Waals surface area (Å²) in [6.45, 7) is 0. The molecule has 0 radical (unpaired) electrons. The van der Waals surface area contributed by atoms with E-state index in [1.165, 1.54) is 0 Å². The van der Waals surface area contributed by atoms with E-state index in [0.29, 0.717) is 0 Å². The summed E-state index contributed by atoms with van der Waals surface area (Å²) in [5, 5.41) is 1.50. The molecule has 0 amide bonds. The quantitative estimate of drug-likeness (QED) is 0.218. The third kappa shape index (κ3) is 1.01. The highest BCUT2D eigenvalue weighted by Gasteiger charge is 2.48. The zero-order valence-corrected chi connectivity index (χ0v) is 5.78. The summed E-state index contributed by atoms with van der Waals surface area (Å²) in [4.78, 5) is 10.5. The Labute approximate surface area is 61.9 Å². The van der Waals surface area contributed by atoms with Crippen LogP contribution in [0.2, 0.25) is 0 Å². The zero-order valence-electron chi connectivity index (χ0n) is 5.03. The molecule has 1 aliphatic heterocycles.